The van der Waals surface area contributed by atoms with Gasteiger partial charge in [-0.1, -0.05) is 57.2 Å². The van der Waals surface area contributed by atoms with Crippen molar-refractivity contribution in [2.75, 3.05) is 6.61 Å². The average Bonchev–Trinajstić information content (AvgIpc) is 2.80. The van der Waals surface area contributed by atoms with Gasteiger partial charge in [0.15, 0.2) is 0 Å². The number of fused-ring (bicyclic) bond motifs is 1. The fraction of sp³-hybridized carbons (Fsp3) is 0.727. The topological polar surface area (TPSA) is 46.2 Å². The first-order valence-electron chi connectivity index (χ1n) is 10.1. The SMILES string of the molecule is CCCCCCCCc1ccc2c(c1)CCC[C@@H]([C@](C)(N)CO)C2. The Labute approximate surface area is 148 Å². The first kappa shape index (κ1) is 19.5. The molecule has 1 aliphatic rings. The van der Waals surface area contributed by atoms with Crippen LogP contribution in [0.1, 0.15) is 81.9 Å². The molecule has 0 bridgehead atoms. The number of aliphatic hydroxyl groups excluding tert-OH is 1. The van der Waals surface area contributed by atoms with Gasteiger partial charge in [0.05, 0.1) is 6.61 Å². The predicted molar refractivity (Wildman–Crippen MR) is 103 cm³/mol. The fourth-order valence-corrected chi connectivity index (χ4v) is 3.97. The maximum absolute atomic E-state index is 9.58. The molecule has 0 aromatic heterocycles. The lowest BCUT2D eigenvalue weighted by atomic mass is 9.80. The molecule has 0 spiro atoms. The summed E-state index contributed by atoms with van der Waals surface area (Å²) in [7, 11) is 0. The van der Waals surface area contributed by atoms with Crippen LogP contribution in [0.15, 0.2) is 18.2 Å². The second-order valence-corrected chi connectivity index (χ2v) is 8.08. The molecule has 1 aliphatic carbocycles. The van der Waals surface area contributed by atoms with Gasteiger partial charge in [-0.05, 0) is 68.1 Å². The van der Waals surface area contributed by atoms with Crippen molar-refractivity contribution in [1.29, 1.82) is 0 Å². The summed E-state index contributed by atoms with van der Waals surface area (Å²) >= 11 is 0. The van der Waals surface area contributed by atoms with Crippen molar-refractivity contribution >= 4 is 0 Å². The summed E-state index contributed by atoms with van der Waals surface area (Å²) in [5.74, 6) is 0.383. The lowest BCUT2D eigenvalue weighted by molar-refractivity contribution is 0.148. The van der Waals surface area contributed by atoms with Gasteiger partial charge in [-0.3, -0.25) is 0 Å². The van der Waals surface area contributed by atoms with Crippen molar-refractivity contribution in [3.8, 4) is 0 Å². The minimum Gasteiger partial charge on any atom is -0.394 e. The van der Waals surface area contributed by atoms with Crippen molar-refractivity contribution in [3.63, 3.8) is 0 Å². The molecule has 2 heteroatoms. The lowest BCUT2D eigenvalue weighted by Crippen LogP contribution is -2.48. The first-order chi connectivity index (χ1) is 11.6. The van der Waals surface area contributed by atoms with E-state index in [1.54, 1.807) is 0 Å². The van der Waals surface area contributed by atoms with Crippen LogP contribution >= 0.6 is 0 Å². The van der Waals surface area contributed by atoms with E-state index in [9.17, 15) is 5.11 Å². The monoisotopic (exact) mass is 331 g/mol. The predicted octanol–water partition coefficient (Wildman–Crippen LogP) is 4.79. The van der Waals surface area contributed by atoms with Gasteiger partial charge in [-0.15, -0.1) is 0 Å². The number of unbranched alkanes of at least 4 members (excludes halogenated alkanes) is 5. The van der Waals surface area contributed by atoms with E-state index in [2.05, 4.69) is 25.1 Å². The Hall–Kier alpha value is -0.860. The van der Waals surface area contributed by atoms with Gasteiger partial charge in [0.1, 0.15) is 0 Å². The molecule has 0 unspecified atom stereocenters. The highest BCUT2D eigenvalue weighted by molar-refractivity contribution is 5.34. The third-order valence-electron chi connectivity index (χ3n) is 5.83. The van der Waals surface area contributed by atoms with Crippen LogP contribution in [0.5, 0.6) is 0 Å². The van der Waals surface area contributed by atoms with Gasteiger partial charge >= 0.3 is 0 Å². The molecule has 2 atom stereocenters. The van der Waals surface area contributed by atoms with Gasteiger partial charge in [-0.25, -0.2) is 0 Å². The second kappa shape index (κ2) is 9.58. The highest BCUT2D eigenvalue weighted by Crippen LogP contribution is 2.31. The van der Waals surface area contributed by atoms with Crippen molar-refractivity contribution in [1.82, 2.24) is 0 Å². The third-order valence-corrected chi connectivity index (χ3v) is 5.83. The zero-order valence-electron chi connectivity index (χ0n) is 15.8. The summed E-state index contributed by atoms with van der Waals surface area (Å²) < 4.78 is 0. The van der Waals surface area contributed by atoms with Crippen LogP contribution in [0.3, 0.4) is 0 Å². The maximum Gasteiger partial charge on any atom is 0.0611 e. The van der Waals surface area contributed by atoms with E-state index in [1.807, 2.05) is 6.92 Å². The van der Waals surface area contributed by atoms with E-state index >= 15 is 0 Å². The molecule has 0 aliphatic heterocycles. The Bertz CT molecular complexity index is 495. The summed E-state index contributed by atoms with van der Waals surface area (Å²) in [6, 6.07) is 7.09. The highest BCUT2D eigenvalue weighted by Gasteiger charge is 2.31. The van der Waals surface area contributed by atoms with Crippen LogP contribution in [-0.2, 0) is 19.3 Å². The molecular formula is C22H37NO. The molecule has 24 heavy (non-hydrogen) atoms. The molecule has 0 amide bonds. The summed E-state index contributed by atoms with van der Waals surface area (Å²) in [6.45, 7) is 4.34. The number of rotatable bonds is 9. The van der Waals surface area contributed by atoms with E-state index in [-0.39, 0.29) is 6.61 Å². The summed E-state index contributed by atoms with van der Waals surface area (Å²) in [4.78, 5) is 0. The normalized spacial score (nSPS) is 20.2. The maximum atomic E-state index is 9.58. The second-order valence-electron chi connectivity index (χ2n) is 8.08. The Balaban J connectivity index is 1.90. The van der Waals surface area contributed by atoms with Crippen molar-refractivity contribution in [2.45, 2.75) is 90.0 Å². The van der Waals surface area contributed by atoms with E-state index < -0.39 is 5.54 Å². The lowest BCUT2D eigenvalue weighted by Gasteiger charge is -2.32. The zero-order chi connectivity index (χ0) is 17.4. The molecule has 0 saturated heterocycles. The molecule has 0 fully saturated rings. The summed E-state index contributed by atoms with van der Waals surface area (Å²) in [5.41, 5.74) is 10.3. The van der Waals surface area contributed by atoms with Crippen LogP contribution in [0.2, 0.25) is 0 Å². The summed E-state index contributed by atoms with van der Waals surface area (Å²) in [5, 5.41) is 9.58. The average molecular weight is 332 g/mol. The standard InChI is InChI=1S/C22H37NO/c1-3-4-5-6-7-8-10-18-13-14-20-16-21(22(2,23)17-24)12-9-11-19(20)15-18/h13-15,21,24H,3-12,16-17,23H2,1-2H3/t21-,22-/m1/s1. The Morgan fingerprint density at radius 3 is 2.62 bits per heavy atom. The largest absolute Gasteiger partial charge is 0.394 e. The zero-order valence-corrected chi connectivity index (χ0v) is 15.8. The van der Waals surface area contributed by atoms with Crippen LogP contribution in [-0.4, -0.2) is 17.3 Å². The van der Waals surface area contributed by atoms with E-state index in [0.29, 0.717) is 5.92 Å². The Morgan fingerprint density at radius 2 is 1.88 bits per heavy atom. The minimum absolute atomic E-state index is 0.0725. The van der Waals surface area contributed by atoms with Crippen LogP contribution < -0.4 is 5.73 Å². The third kappa shape index (κ3) is 5.60. The first-order valence-corrected chi connectivity index (χ1v) is 10.1. The molecule has 1 aromatic carbocycles. The number of aryl methyl sites for hydroxylation is 2. The van der Waals surface area contributed by atoms with E-state index in [1.165, 1.54) is 68.1 Å². The molecular weight excluding hydrogens is 294 g/mol. The Morgan fingerprint density at radius 1 is 1.12 bits per heavy atom. The van der Waals surface area contributed by atoms with E-state index in [0.717, 1.165) is 19.3 Å². The number of aliphatic hydroxyl groups is 1. The number of hydrogen-bond donors (Lipinski definition) is 2. The quantitative estimate of drug-likeness (QED) is 0.504. The van der Waals surface area contributed by atoms with Crippen LogP contribution in [0.25, 0.3) is 0 Å². The molecule has 1 aromatic rings. The minimum atomic E-state index is -0.460. The van der Waals surface area contributed by atoms with Crippen LogP contribution in [0, 0.1) is 5.92 Å². The van der Waals surface area contributed by atoms with Crippen molar-refractivity contribution < 1.29 is 5.11 Å². The fourth-order valence-electron chi connectivity index (χ4n) is 3.97. The molecule has 136 valence electrons. The number of nitrogens with two attached hydrogens (primary N) is 1. The van der Waals surface area contributed by atoms with Crippen LogP contribution in [0.4, 0.5) is 0 Å². The smallest absolute Gasteiger partial charge is 0.0611 e. The van der Waals surface area contributed by atoms with Gasteiger partial charge < -0.3 is 10.8 Å². The highest BCUT2D eigenvalue weighted by atomic mass is 16.3. The van der Waals surface area contributed by atoms with Gasteiger partial charge in [-0.2, -0.15) is 0 Å². The van der Waals surface area contributed by atoms with E-state index in [4.69, 9.17) is 5.73 Å². The molecule has 0 heterocycles. The number of benzene rings is 1. The molecule has 0 radical (unpaired) electrons. The number of hydrogen-bond acceptors (Lipinski definition) is 2. The van der Waals surface area contributed by atoms with Crippen molar-refractivity contribution in [2.24, 2.45) is 11.7 Å². The van der Waals surface area contributed by atoms with Crippen molar-refractivity contribution in [3.05, 3.63) is 34.9 Å². The van der Waals surface area contributed by atoms with Gasteiger partial charge in [0.2, 0.25) is 0 Å². The molecule has 3 N–H and O–H groups in total. The molecule has 2 rings (SSSR count). The van der Waals surface area contributed by atoms with Gasteiger partial charge in [0.25, 0.3) is 0 Å². The van der Waals surface area contributed by atoms with Gasteiger partial charge in [0, 0.05) is 5.54 Å². The summed E-state index contributed by atoms with van der Waals surface area (Å²) in [6.07, 6.45) is 13.9. The molecule has 0 saturated carbocycles. The molecule has 2 nitrogen and oxygen atoms in total. The Kier molecular flexibility index (Phi) is 7.77.